The average Bonchev–Trinajstić information content (AvgIpc) is 2.68. The standard InChI is InChI=1S/C14H12N2O5/c1-6-3-2-4-7-10(6)14(21)16(13(7)20)8-5-9(17)12(19)15-11(8)18/h2-4,8,12,19H,5H2,1H3,(H,15,18). The Morgan fingerprint density at radius 3 is 2.57 bits per heavy atom. The van der Waals surface area contributed by atoms with Gasteiger partial charge in [0.1, 0.15) is 6.04 Å². The van der Waals surface area contributed by atoms with Gasteiger partial charge in [-0.2, -0.15) is 0 Å². The van der Waals surface area contributed by atoms with E-state index in [1.807, 2.05) is 0 Å². The molecule has 2 aliphatic rings. The van der Waals surface area contributed by atoms with Crippen molar-refractivity contribution in [1.29, 1.82) is 0 Å². The number of hydrogen-bond acceptors (Lipinski definition) is 5. The maximum absolute atomic E-state index is 12.4. The number of carbonyl (C=O) groups excluding carboxylic acids is 4. The van der Waals surface area contributed by atoms with Gasteiger partial charge in [-0.05, 0) is 18.6 Å². The van der Waals surface area contributed by atoms with Crippen LogP contribution >= 0.6 is 0 Å². The number of imide groups is 1. The molecule has 2 aliphatic heterocycles. The summed E-state index contributed by atoms with van der Waals surface area (Å²) < 4.78 is 0. The molecule has 2 heterocycles. The molecule has 2 unspecified atom stereocenters. The summed E-state index contributed by atoms with van der Waals surface area (Å²) in [4.78, 5) is 49.0. The maximum atomic E-state index is 12.4. The topological polar surface area (TPSA) is 104 Å². The molecule has 2 N–H and O–H groups in total. The summed E-state index contributed by atoms with van der Waals surface area (Å²) in [5, 5.41) is 11.3. The number of piperidine rings is 1. The zero-order chi connectivity index (χ0) is 15.3. The van der Waals surface area contributed by atoms with Crippen LogP contribution in [0.1, 0.15) is 32.7 Å². The first kappa shape index (κ1) is 13.4. The number of aryl methyl sites for hydroxylation is 1. The van der Waals surface area contributed by atoms with E-state index in [0.717, 1.165) is 4.90 Å². The first-order chi connectivity index (χ1) is 9.91. The number of ketones is 1. The molecule has 0 aliphatic carbocycles. The van der Waals surface area contributed by atoms with Crippen LogP contribution in [0.3, 0.4) is 0 Å². The number of aliphatic hydroxyl groups is 1. The quantitative estimate of drug-likeness (QED) is 0.669. The second kappa shape index (κ2) is 4.49. The average molecular weight is 288 g/mol. The van der Waals surface area contributed by atoms with E-state index in [1.54, 1.807) is 19.1 Å². The lowest BCUT2D eigenvalue weighted by Gasteiger charge is -2.30. The Kier molecular flexibility index (Phi) is 2.87. The SMILES string of the molecule is Cc1cccc2c1C(=O)N(C1CC(=O)C(O)NC1=O)C2=O. The number of Topliss-reactive ketones (excluding diaryl/α,β-unsaturated/α-hetero) is 1. The molecule has 108 valence electrons. The highest BCUT2D eigenvalue weighted by Gasteiger charge is 2.47. The summed E-state index contributed by atoms with van der Waals surface area (Å²) in [6.07, 6.45) is -1.96. The summed E-state index contributed by atoms with van der Waals surface area (Å²) in [6, 6.07) is 3.65. The number of benzene rings is 1. The van der Waals surface area contributed by atoms with E-state index in [9.17, 15) is 24.3 Å². The van der Waals surface area contributed by atoms with Crippen LogP contribution in [0.25, 0.3) is 0 Å². The van der Waals surface area contributed by atoms with Crippen LogP contribution < -0.4 is 5.32 Å². The molecule has 0 aromatic heterocycles. The van der Waals surface area contributed by atoms with Gasteiger partial charge in [0.15, 0.2) is 12.0 Å². The van der Waals surface area contributed by atoms with Crippen molar-refractivity contribution in [2.45, 2.75) is 25.6 Å². The summed E-state index contributed by atoms with van der Waals surface area (Å²) >= 11 is 0. The molecule has 0 radical (unpaired) electrons. The van der Waals surface area contributed by atoms with Crippen LogP contribution in [0, 0.1) is 6.92 Å². The number of carbonyl (C=O) groups is 4. The van der Waals surface area contributed by atoms with Crippen molar-refractivity contribution in [3.05, 3.63) is 34.9 Å². The van der Waals surface area contributed by atoms with Crippen LogP contribution in [0.4, 0.5) is 0 Å². The smallest absolute Gasteiger partial charge is 0.262 e. The lowest BCUT2D eigenvalue weighted by atomic mass is 10.0. The van der Waals surface area contributed by atoms with Gasteiger partial charge < -0.3 is 10.4 Å². The van der Waals surface area contributed by atoms with E-state index >= 15 is 0 Å². The van der Waals surface area contributed by atoms with Crippen molar-refractivity contribution in [3.8, 4) is 0 Å². The number of nitrogens with zero attached hydrogens (tertiary/aromatic N) is 1. The van der Waals surface area contributed by atoms with Crippen molar-refractivity contribution >= 4 is 23.5 Å². The number of aliphatic hydroxyl groups excluding tert-OH is 1. The van der Waals surface area contributed by atoms with Crippen molar-refractivity contribution < 1.29 is 24.3 Å². The highest BCUT2D eigenvalue weighted by atomic mass is 16.3. The van der Waals surface area contributed by atoms with Crippen molar-refractivity contribution in [2.75, 3.05) is 0 Å². The molecule has 7 heteroatoms. The largest absolute Gasteiger partial charge is 0.367 e. The highest BCUT2D eigenvalue weighted by Crippen LogP contribution is 2.29. The molecule has 0 saturated carbocycles. The normalized spacial score (nSPS) is 25.1. The summed E-state index contributed by atoms with van der Waals surface area (Å²) in [7, 11) is 0. The number of amides is 3. The lowest BCUT2D eigenvalue weighted by Crippen LogP contribution is -2.59. The van der Waals surface area contributed by atoms with Gasteiger partial charge in [0.25, 0.3) is 11.8 Å². The summed E-state index contributed by atoms with van der Waals surface area (Å²) in [6.45, 7) is 1.70. The first-order valence-electron chi connectivity index (χ1n) is 6.40. The predicted octanol–water partition coefficient (Wildman–Crippen LogP) is -0.633. The molecule has 3 amide bonds. The first-order valence-corrected chi connectivity index (χ1v) is 6.40. The molecular formula is C14H12N2O5. The Morgan fingerprint density at radius 2 is 1.90 bits per heavy atom. The minimum atomic E-state index is -1.58. The zero-order valence-corrected chi connectivity index (χ0v) is 11.1. The molecule has 7 nitrogen and oxygen atoms in total. The molecule has 2 atom stereocenters. The minimum absolute atomic E-state index is 0.228. The number of fused-ring (bicyclic) bond motifs is 1. The molecule has 1 aromatic carbocycles. The van der Waals surface area contributed by atoms with Gasteiger partial charge in [-0.25, -0.2) is 0 Å². The fraction of sp³-hybridized carbons (Fsp3) is 0.286. The van der Waals surface area contributed by atoms with E-state index in [2.05, 4.69) is 5.32 Å². The molecule has 1 saturated heterocycles. The third-order valence-electron chi connectivity index (χ3n) is 3.75. The fourth-order valence-corrected chi connectivity index (χ4v) is 2.67. The van der Waals surface area contributed by atoms with Gasteiger partial charge in [0.05, 0.1) is 11.1 Å². The second-order valence-corrected chi connectivity index (χ2v) is 5.08. The summed E-state index contributed by atoms with van der Waals surface area (Å²) in [5.41, 5.74) is 1.12. The van der Waals surface area contributed by atoms with Crippen molar-refractivity contribution in [2.24, 2.45) is 0 Å². The second-order valence-electron chi connectivity index (χ2n) is 5.08. The fourth-order valence-electron chi connectivity index (χ4n) is 2.67. The summed E-state index contributed by atoms with van der Waals surface area (Å²) in [5.74, 6) is -2.53. The van der Waals surface area contributed by atoms with Gasteiger partial charge in [-0.1, -0.05) is 12.1 Å². The number of rotatable bonds is 1. The van der Waals surface area contributed by atoms with E-state index in [0.29, 0.717) is 5.56 Å². The third kappa shape index (κ3) is 1.85. The Morgan fingerprint density at radius 1 is 1.19 bits per heavy atom. The monoisotopic (exact) mass is 288 g/mol. The van der Waals surface area contributed by atoms with E-state index in [1.165, 1.54) is 6.07 Å². The van der Waals surface area contributed by atoms with Crippen LogP contribution in [-0.2, 0) is 9.59 Å². The lowest BCUT2D eigenvalue weighted by molar-refractivity contribution is -0.144. The molecule has 0 spiro atoms. The van der Waals surface area contributed by atoms with E-state index in [4.69, 9.17) is 0 Å². The Labute approximate surface area is 119 Å². The molecule has 1 aromatic rings. The van der Waals surface area contributed by atoms with Crippen LogP contribution in [0.2, 0.25) is 0 Å². The Balaban J connectivity index is 2.00. The van der Waals surface area contributed by atoms with E-state index < -0.39 is 35.8 Å². The molecular weight excluding hydrogens is 276 g/mol. The third-order valence-corrected chi connectivity index (χ3v) is 3.75. The van der Waals surface area contributed by atoms with E-state index in [-0.39, 0.29) is 17.5 Å². The van der Waals surface area contributed by atoms with Crippen LogP contribution in [-0.4, -0.2) is 45.8 Å². The van der Waals surface area contributed by atoms with Gasteiger partial charge in [-0.3, -0.25) is 24.1 Å². The van der Waals surface area contributed by atoms with Crippen molar-refractivity contribution in [1.82, 2.24) is 10.2 Å². The van der Waals surface area contributed by atoms with Gasteiger partial charge in [-0.15, -0.1) is 0 Å². The minimum Gasteiger partial charge on any atom is -0.367 e. The Bertz CT molecular complexity index is 697. The number of nitrogens with one attached hydrogen (secondary N) is 1. The molecule has 21 heavy (non-hydrogen) atoms. The predicted molar refractivity (Wildman–Crippen MR) is 69.2 cm³/mol. The Hall–Kier alpha value is -2.54. The van der Waals surface area contributed by atoms with Crippen molar-refractivity contribution in [3.63, 3.8) is 0 Å². The van der Waals surface area contributed by atoms with Gasteiger partial charge in [0, 0.05) is 6.42 Å². The highest BCUT2D eigenvalue weighted by molar-refractivity contribution is 6.24. The molecule has 3 rings (SSSR count). The zero-order valence-electron chi connectivity index (χ0n) is 11.1. The maximum Gasteiger partial charge on any atom is 0.262 e. The van der Waals surface area contributed by atoms with Crippen LogP contribution in [0.15, 0.2) is 18.2 Å². The molecule has 1 fully saturated rings. The van der Waals surface area contributed by atoms with Gasteiger partial charge >= 0.3 is 0 Å². The number of hydrogen-bond donors (Lipinski definition) is 2. The van der Waals surface area contributed by atoms with Crippen LogP contribution in [0.5, 0.6) is 0 Å². The van der Waals surface area contributed by atoms with Gasteiger partial charge in [0.2, 0.25) is 5.91 Å². The molecule has 0 bridgehead atoms.